The Morgan fingerprint density at radius 1 is 1.10 bits per heavy atom. The lowest BCUT2D eigenvalue weighted by Gasteiger charge is -2.38. The van der Waals surface area contributed by atoms with Crippen molar-refractivity contribution >= 4 is 53.3 Å². The van der Waals surface area contributed by atoms with Crippen LogP contribution >= 0.6 is 22.9 Å². The molecule has 0 radical (unpaired) electrons. The van der Waals surface area contributed by atoms with Crippen LogP contribution in [-0.4, -0.2) is 55.6 Å². The number of aromatic nitrogens is 1. The Balaban J connectivity index is 1.51. The van der Waals surface area contributed by atoms with Gasteiger partial charge >= 0.3 is 6.09 Å². The van der Waals surface area contributed by atoms with Crippen molar-refractivity contribution in [2.75, 3.05) is 24.5 Å². The number of halogens is 1. The maximum absolute atomic E-state index is 12.9. The highest BCUT2D eigenvalue weighted by Gasteiger charge is 2.38. The number of amides is 1. The molecule has 1 saturated heterocycles. The number of thiophene rings is 1. The fourth-order valence-electron chi connectivity index (χ4n) is 5.74. The number of benzene rings is 1. The topological polar surface area (TPSA) is 54.9 Å². The van der Waals surface area contributed by atoms with E-state index in [0.29, 0.717) is 19.7 Å². The Kier molecular flexibility index (Phi) is 8.51. The number of carbonyl (C=O) groups is 1. The summed E-state index contributed by atoms with van der Waals surface area (Å²) in [5.74, 6) is 0. The molecule has 4 heterocycles. The average molecular weight is 628 g/mol. The molecule has 3 aromatic rings. The van der Waals surface area contributed by atoms with Gasteiger partial charge in [-0.25, -0.2) is 4.79 Å². The summed E-state index contributed by atoms with van der Waals surface area (Å²) < 4.78 is 13.5. The summed E-state index contributed by atoms with van der Waals surface area (Å²) in [4.78, 5) is 23.4. The maximum atomic E-state index is 12.9. The molecule has 1 atom stereocenters. The largest absolute Gasteiger partial charge is 0.444 e. The lowest BCUT2D eigenvalue weighted by molar-refractivity contribution is 0.0292. The minimum Gasteiger partial charge on any atom is -0.444 e. The lowest BCUT2D eigenvalue weighted by Crippen LogP contribution is -2.43. The highest BCUT2D eigenvalue weighted by Crippen LogP contribution is 2.46. The van der Waals surface area contributed by atoms with Gasteiger partial charge in [-0.1, -0.05) is 32.4 Å². The molecule has 2 aromatic heterocycles. The van der Waals surface area contributed by atoms with Crippen molar-refractivity contribution in [1.82, 2.24) is 9.88 Å². The van der Waals surface area contributed by atoms with Gasteiger partial charge in [-0.05, 0) is 94.9 Å². The smallest absolute Gasteiger partial charge is 0.410 e. The van der Waals surface area contributed by atoms with E-state index in [1.54, 1.807) is 11.3 Å². The van der Waals surface area contributed by atoms with Crippen LogP contribution in [0.5, 0.6) is 0 Å². The van der Waals surface area contributed by atoms with Crippen LogP contribution in [0.4, 0.5) is 10.5 Å². The predicted molar refractivity (Wildman–Crippen MR) is 179 cm³/mol. The van der Waals surface area contributed by atoms with E-state index in [-0.39, 0.29) is 17.2 Å². The number of rotatable bonds is 5. The molecule has 0 saturated carbocycles. The maximum Gasteiger partial charge on any atom is 0.410 e. The SMILES string of the molecule is Cc1cc(-c2cc(Cl)cc3c2N(C2CCN(C(=O)OC(C)(C)C)C2)CCC3)c2sc(CO[Si](C)(C)C(C)(C)C)cc2n1. The molecule has 6 nitrogen and oxygen atoms in total. The van der Waals surface area contributed by atoms with Crippen LogP contribution in [-0.2, 0) is 22.2 Å². The summed E-state index contributed by atoms with van der Waals surface area (Å²) in [6.07, 6.45) is 2.75. The van der Waals surface area contributed by atoms with Gasteiger partial charge in [0.15, 0.2) is 8.32 Å². The molecule has 2 aliphatic rings. The Labute approximate surface area is 261 Å². The molecule has 1 unspecified atom stereocenters. The summed E-state index contributed by atoms with van der Waals surface area (Å²) in [7, 11) is -1.88. The number of nitrogens with zero attached hydrogens (tertiary/aromatic N) is 3. The number of likely N-dealkylation sites (tertiary alicyclic amines) is 1. The standard InChI is InChI=1S/C33H46ClN3O3SSi/c1-21-15-27(30-28(35-21)18-25(41-30)20-39-42(8,9)33(5,6)7)26-17-23(34)16-22-11-10-13-37(29(22)26)24-12-14-36(19-24)31(38)40-32(2,3)4/h15-18,24H,10-14,19-20H2,1-9H3. The van der Waals surface area contributed by atoms with Gasteiger partial charge < -0.3 is 19.0 Å². The molecule has 2 aliphatic heterocycles. The van der Waals surface area contributed by atoms with Crippen molar-refractivity contribution < 1.29 is 14.0 Å². The second-order valence-corrected chi connectivity index (χ2v) is 20.8. The minimum atomic E-state index is -1.88. The first kappa shape index (κ1) is 31.3. The van der Waals surface area contributed by atoms with Gasteiger partial charge in [0.25, 0.3) is 0 Å². The molecular formula is C33H46ClN3O3SSi. The van der Waals surface area contributed by atoms with E-state index < -0.39 is 13.9 Å². The first-order chi connectivity index (χ1) is 19.5. The second-order valence-electron chi connectivity index (χ2n) is 14.4. The van der Waals surface area contributed by atoms with E-state index in [2.05, 4.69) is 70.0 Å². The van der Waals surface area contributed by atoms with Crippen molar-refractivity contribution in [2.24, 2.45) is 0 Å². The summed E-state index contributed by atoms with van der Waals surface area (Å²) >= 11 is 8.57. The first-order valence-corrected chi connectivity index (χ1v) is 19.2. The average Bonchev–Trinajstić information content (AvgIpc) is 3.52. The minimum absolute atomic E-state index is 0.159. The quantitative estimate of drug-likeness (QED) is 0.264. The third-order valence-corrected chi connectivity index (χ3v) is 14.7. The Bertz CT molecular complexity index is 1490. The molecule has 0 spiro atoms. The Morgan fingerprint density at radius 2 is 1.83 bits per heavy atom. The Hall–Kier alpha value is -2.13. The van der Waals surface area contributed by atoms with E-state index in [4.69, 9.17) is 25.7 Å². The molecular weight excluding hydrogens is 582 g/mol. The predicted octanol–water partition coefficient (Wildman–Crippen LogP) is 9.21. The van der Waals surface area contributed by atoms with Crippen molar-refractivity contribution in [3.05, 3.63) is 45.4 Å². The number of anilines is 1. The third-order valence-electron chi connectivity index (χ3n) is 8.87. The van der Waals surface area contributed by atoms with Crippen LogP contribution in [0.1, 0.15) is 70.5 Å². The molecule has 0 aliphatic carbocycles. The van der Waals surface area contributed by atoms with Gasteiger partial charge in [0, 0.05) is 58.1 Å². The second kappa shape index (κ2) is 11.4. The van der Waals surface area contributed by atoms with Crippen LogP contribution in [0.15, 0.2) is 24.3 Å². The van der Waals surface area contributed by atoms with Gasteiger partial charge in [-0.3, -0.25) is 4.98 Å². The van der Waals surface area contributed by atoms with Crippen LogP contribution < -0.4 is 4.90 Å². The van der Waals surface area contributed by atoms with E-state index in [1.807, 2.05) is 25.7 Å². The van der Waals surface area contributed by atoms with Crippen molar-refractivity contribution in [3.8, 4) is 11.1 Å². The van der Waals surface area contributed by atoms with Crippen LogP contribution in [0.25, 0.3) is 21.3 Å². The normalized spacial score (nSPS) is 18.1. The fourth-order valence-corrected chi connectivity index (χ4v) is 8.07. The van der Waals surface area contributed by atoms with Crippen LogP contribution in [0, 0.1) is 6.92 Å². The number of hydrogen-bond donors (Lipinski definition) is 0. The summed E-state index contributed by atoms with van der Waals surface area (Å²) in [5.41, 5.74) is 6.35. The summed E-state index contributed by atoms with van der Waals surface area (Å²) in [5, 5.41) is 0.916. The number of aryl methyl sites for hydroxylation is 2. The zero-order chi connectivity index (χ0) is 30.6. The van der Waals surface area contributed by atoms with Gasteiger partial charge in [-0.2, -0.15) is 0 Å². The van der Waals surface area contributed by atoms with E-state index >= 15 is 0 Å². The number of hydrogen-bond acceptors (Lipinski definition) is 6. The molecule has 0 N–H and O–H groups in total. The third kappa shape index (κ3) is 6.52. The Morgan fingerprint density at radius 3 is 2.52 bits per heavy atom. The van der Waals surface area contributed by atoms with E-state index in [0.717, 1.165) is 47.6 Å². The zero-order valence-corrected chi connectivity index (χ0v) is 29.3. The number of fused-ring (bicyclic) bond motifs is 2. The summed E-state index contributed by atoms with van der Waals surface area (Å²) in [6, 6.07) is 8.89. The number of carbonyl (C=O) groups excluding carboxylic acids is 1. The molecule has 0 bridgehead atoms. The monoisotopic (exact) mass is 627 g/mol. The van der Waals surface area contributed by atoms with E-state index in [9.17, 15) is 4.79 Å². The highest BCUT2D eigenvalue weighted by atomic mass is 35.5. The fraction of sp³-hybridized carbons (Fsp3) is 0.576. The van der Waals surface area contributed by atoms with Gasteiger partial charge in [0.2, 0.25) is 0 Å². The molecule has 1 aromatic carbocycles. The van der Waals surface area contributed by atoms with Gasteiger partial charge in [0.05, 0.1) is 16.8 Å². The van der Waals surface area contributed by atoms with E-state index in [1.165, 1.54) is 26.4 Å². The van der Waals surface area contributed by atoms with Crippen LogP contribution in [0.3, 0.4) is 0 Å². The molecule has 42 heavy (non-hydrogen) atoms. The number of pyridine rings is 1. The highest BCUT2D eigenvalue weighted by molar-refractivity contribution is 7.19. The van der Waals surface area contributed by atoms with Crippen molar-refractivity contribution in [1.29, 1.82) is 0 Å². The first-order valence-electron chi connectivity index (χ1n) is 15.1. The lowest BCUT2D eigenvalue weighted by atomic mass is 9.92. The van der Waals surface area contributed by atoms with Crippen molar-refractivity contribution in [2.45, 2.75) is 104 Å². The van der Waals surface area contributed by atoms with Gasteiger partial charge in [0.1, 0.15) is 5.60 Å². The molecule has 1 amide bonds. The molecule has 5 rings (SSSR count). The van der Waals surface area contributed by atoms with Crippen molar-refractivity contribution in [3.63, 3.8) is 0 Å². The molecule has 228 valence electrons. The zero-order valence-electron chi connectivity index (χ0n) is 26.7. The molecule has 1 fully saturated rings. The van der Waals surface area contributed by atoms with Gasteiger partial charge in [-0.15, -0.1) is 11.3 Å². The summed E-state index contributed by atoms with van der Waals surface area (Å²) in [6.45, 7) is 22.2. The number of ether oxygens (including phenoxy) is 1. The molecule has 9 heteroatoms. The van der Waals surface area contributed by atoms with Crippen LogP contribution in [0.2, 0.25) is 23.2 Å².